The summed E-state index contributed by atoms with van der Waals surface area (Å²) in [6.07, 6.45) is 2.60. The Kier molecular flexibility index (Phi) is 6.40. The SMILES string of the molecule is COc1ccc(Cc2cnc(NC(=O)N3CCN(c4ccc(Cl)cc4)CC3)s2)cc1. The number of hydrogen-bond donors (Lipinski definition) is 1. The third-order valence-electron chi connectivity index (χ3n) is 5.06. The van der Waals surface area contributed by atoms with Crippen LogP contribution in [0.2, 0.25) is 5.02 Å². The van der Waals surface area contributed by atoms with Crippen molar-refractivity contribution in [3.63, 3.8) is 0 Å². The first-order chi connectivity index (χ1) is 14.6. The molecule has 2 aromatic carbocycles. The molecule has 2 heterocycles. The predicted octanol–water partition coefficient (Wildman–Crippen LogP) is 4.75. The number of hydrogen-bond acceptors (Lipinski definition) is 5. The van der Waals surface area contributed by atoms with Gasteiger partial charge in [-0.2, -0.15) is 0 Å². The second kappa shape index (κ2) is 9.36. The number of carbonyl (C=O) groups excluding carboxylic acids is 1. The molecule has 0 unspecified atom stereocenters. The highest BCUT2D eigenvalue weighted by Gasteiger charge is 2.22. The number of anilines is 2. The molecule has 0 atom stereocenters. The summed E-state index contributed by atoms with van der Waals surface area (Å²) in [4.78, 5) is 22.2. The summed E-state index contributed by atoms with van der Waals surface area (Å²) in [5.41, 5.74) is 2.30. The molecule has 8 heteroatoms. The van der Waals surface area contributed by atoms with Gasteiger partial charge in [-0.25, -0.2) is 9.78 Å². The van der Waals surface area contributed by atoms with Gasteiger partial charge in [-0.1, -0.05) is 23.7 Å². The summed E-state index contributed by atoms with van der Waals surface area (Å²) >= 11 is 7.47. The molecule has 1 aromatic heterocycles. The second-order valence-corrected chi connectivity index (χ2v) is 8.59. The molecule has 2 amide bonds. The van der Waals surface area contributed by atoms with Crippen molar-refractivity contribution < 1.29 is 9.53 Å². The number of nitrogens with one attached hydrogen (secondary N) is 1. The van der Waals surface area contributed by atoms with Crippen molar-refractivity contribution in [2.75, 3.05) is 43.5 Å². The molecule has 0 aliphatic carbocycles. The number of aromatic nitrogens is 1. The summed E-state index contributed by atoms with van der Waals surface area (Å²) in [6, 6.07) is 15.7. The first kappa shape index (κ1) is 20.5. The number of amides is 2. The van der Waals surface area contributed by atoms with Crippen LogP contribution >= 0.6 is 22.9 Å². The van der Waals surface area contributed by atoms with Crippen molar-refractivity contribution in [1.82, 2.24) is 9.88 Å². The predicted molar refractivity (Wildman–Crippen MR) is 122 cm³/mol. The lowest BCUT2D eigenvalue weighted by Gasteiger charge is -2.35. The lowest BCUT2D eigenvalue weighted by molar-refractivity contribution is 0.208. The van der Waals surface area contributed by atoms with E-state index in [2.05, 4.69) is 15.2 Å². The van der Waals surface area contributed by atoms with Crippen molar-refractivity contribution in [3.05, 3.63) is 70.2 Å². The first-order valence-electron chi connectivity index (χ1n) is 9.75. The zero-order chi connectivity index (χ0) is 20.9. The molecular weight excluding hydrogens is 420 g/mol. The van der Waals surface area contributed by atoms with Gasteiger partial charge in [0.25, 0.3) is 0 Å². The van der Waals surface area contributed by atoms with E-state index in [9.17, 15) is 4.79 Å². The van der Waals surface area contributed by atoms with Crippen LogP contribution in [-0.2, 0) is 6.42 Å². The van der Waals surface area contributed by atoms with Gasteiger partial charge >= 0.3 is 6.03 Å². The molecule has 0 bridgehead atoms. The molecule has 0 spiro atoms. The molecule has 1 N–H and O–H groups in total. The Morgan fingerprint density at radius 3 is 2.47 bits per heavy atom. The molecule has 6 nitrogen and oxygen atoms in total. The average molecular weight is 443 g/mol. The molecule has 4 rings (SSSR count). The summed E-state index contributed by atoms with van der Waals surface area (Å²) in [5, 5.41) is 4.29. The summed E-state index contributed by atoms with van der Waals surface area (Å²) < 4.78 is 5.19. The van der Waals surface area contributed by atoms with Crippen molar-refractivity contribution >= 4 is 39.8 Å². The van der Waals surface area contributed by atoms with Gasteiger partial charge in [0.15, 0.2) is 5.13 Å². The van der Waals surface area contributed by atoms with Crippen LogP contribution in [0.25, 0.3) is 0 Å². The van der Waals surface area contributed by atoms with E-state index in [1.807, 2.05) is 59.6 Å². The number of rotatable bonds is 5. The monoisotopic (exact) mass is 442 g/mol. The van der Waals surface area contributed by atoms with Gasteiger partial charge in [0.1, 0.15) is 5.75 Å². The Hall–Kier alpha value is -2.77. The number of benzene rings is 2. The highest BCUT2D eigenvalue weighted by molar-refractivity contribution is 7.15. The van der Waals surface area contributed by atoms with Gasteiger partial charge in [-0.15, -0.1) is 11.3 Å². The number of halogens is 1. The highest BCUT2D eigenvalue weighted by Crippen LogP contribution is 2.23. The number of piperazine rings is 1. The summed E-state index contributed by atoms with van der Waals surface area (Å²) in [6.45, 7) is 2.91. The molecular formula is C22H23ClN4O2S. The average Bonchev–Trinajstić information content (AvgIpc) is 3.21. The van der Waals surface area contributed by atoms with E-state index in [4.69, 9.17) is 16.3 Å². The molecule has 0 saturated carbocycles. The van der Waals surface area contributed by atoms with Gasteiger partial charge in [0.05, 0.1) is 7.11 Å². The smallest absolute Gasteiger partial charge is 0.323 e. The van der Waals surface area contributed by atoms with Gasteiger partial charge < -0.3 is 14.5 Å². The lowest BCUT2D eigenvalue weighted by atomic mass is 10.1. The van der Waals surface area contributed by atoms with Crippen molar-refractivity contribution in [2.45, 2.75) is 6.42 Å². The van der Waals surface area contributed by atoms with Crippen LogP contribution in [0.15, 0.2) is 54.7 Å². The Morgan fingerprint density at radius 2 is 1.80 bits per heavy atom. The van der Waals surface area contributed by atoms with Crippen molar-refractivity contribution in [1.29, 1.82) is 0 Å². The molecule has 0 radical (unpaired) electrons. The Morgan fingerprint density at radius 1 is 1.10 bits per heavy atom. The minimum atomic E-state index is -0.101. The number of methoxy groups -OCH3 is 1. The van der Waals surface area contributed by atoms with Crippen LogP contribution in [0.5, 0.6) is 5.75 Å². The van der Waals surface area contributed by atoms with Gasteiger partial charge in [-0.05, 0) is 42.0 Å². The number of thiazole rings is 1. The Labute approximate surface area is 185 Å². The largest absolute Gasteiger partial charge is 0.497 e. The van der Waals surface area contributed by atoms with E-state index >= 15 is 0 Å². The lowest BCUT2D eigenvalue weighted by Crippen LogP contribution is -2.50. The maximum Gasteiger partial charge on any atom is 0.323 e. The number of carbonyl (C=O) groups is 1. The zero-order valence-corrected chi connectivity index (χ0v) is 18.2. The number of ether oxygens (including phenoxy) is 1. The zero-order valence-electron chi connectivity index (χ0n) is 16.7. The fourth-order valence-corrected chi connectivity index (χ4v) is 4.34. The number of nitrogens with zero attached hydrogens (tertiary/aromatic N) is 3. The molecule has 3 aromatic rings. The Balaban J connectivity index is 1.28. The fourth-order valence-electron chi connectivity index (χ4n) is 3.38. The van der Waals surface area contributed by atoms with E-state index in [1.165, 1.54) is 16.9 Å². The number of urea groups is 1. The van der Waals surface area contributed by atoms with Crippen LogP contribution in [0.3, 0.4) is 0 Å². The molecule has 156 valence electrons. The third-order valence-corrected chi connectivity index (χ3v) is 6.23. The second-order valence-electron chi connectivity index (χ2n) is 7.04. The van der Waals surface area contributed by atoms with E-state index in [-0.39, 0.29) is 6.03 Å². The van der Waals surface area contributed by atoms with Crippen LogP contribution in [0.4, 0.5) is 15.6 Å². The minimum absolute atomic E-state index is 0.101. The standard InChI is InChI=1S/C22H23ClN4O2S/c1-29-19-8-2-16(3-9-19)14-20-15-24-21(30-20)25-22(28)27-12-10-26(11-13-27)18-6-4-17(23)5-7-18/h2-9,15H,10-14H2,1H3,(H,24,25,28). The molecule has 1 aliphatic heterocycles. The topological polar surface area (TPSA) is 57.7 Å². The highest BCUT2D eigenvalue weighted by atomic mass is 35.5. The molecule has 1 saturated heterocycles. The molecule has 1 aliphatic rings. The van der Waals surface area contributed by atoms with Gasteiger partial charge in [0, 0.05) is 54.4 Å². The molecule has 30 heavy (non-hydrogen) atoms. The van der Waals surface area contributed by atoms with Crippen LogP contribution in [0, 0.1) is 0 Å². The summed E-state index contributed by atoms with van der Waals surface area (Å²) in [7, 11) is 1.66. The fraction of sp³-hybridized carbons (Fsp3) is 0.273. The maximum absolute atomic E-state index is 12.6. The van der Waals surface area contributed by atoms with Gasteiger partial charge in [-0.3, -0.25) is 5.32 Å². The normalized spacial score (nSPS) is 13.9. The van der Waals surface area contributed by atoms with Crippen LogP contribution < -0.4 is 15.0 Å². The van der Waals surface area contributed by atoms with E-state index in [0.717, 1.165) is 40.8 Å². The van der Waals surface area contributed by atoms with Crippen molar-refractivity contribution in [3.8, 4) is 5.75 Å². The first-order valence-corrected chi connectivity index (χ1v) is 10.9. The van der Waals surface area contributed by atoms with Gasteiger partial charge in [0.2, 0.25) is 0 Å². The maximum atomic E-state index is 12.6. The molecule has 1 fully saturated rings. The quantitative estimate of drug-likeness (QED) is 0.619. The third kappa shape index (κ3) is 5.04. The van der Waals surface area contributed by atoms with E-state index in [1.54, 1.807) is 7.11 Å². The van der Waals surface area contributed by atoms with E-state index < -0.39 is 0 Å². The summed E-state index contributed by atoms with van der Waals surface area (Å²) in [5.74, 6) is 0.840. The minimum Gasteiger partial charge on any atom is -0.497 e. The van der Waals surface area contributed by atoms with Crippen LogP contribution in [-0.4, -0.2) is 49.2 Å². The van der Waals surface area contributed by atoms with Crippen LogP contribution in [0.1, 0.15) is 10.4 Å². The van der Waals surface area contributed by atoms with Crippen molar-refractivity contribution in [2.24, 2.45) is 0 Å². The van der Waals surface area contributed by atoms with E-state index in [0.29, 0.717) is 18.2 Å². The Bertz CT molecular complexity index is 983.